The summed E-state index contributed by atoms with van der Waals surface area (Å²) >= 11 is 0. The van der Waals surface area contributed by atoms with E-state index in [0.717, 1.165) is 25.7 Å². The molecular formula is C14H28N2O. The topological polar surface area (TPSA) is 24.5 Å². The summed E-state index contributed by atoms with van der Waals surface area (Å²) < 4.78 is 5.64. The summed E-state index contributed by atoms with van der Waals surface area (Å²) in [6, 6.07) is 0.664. The molecule has 0 radical (unpaired) electrons. The van der Waals surface area contributed by atoms with Crippen molar-refractivity contribution in [1.82, 2.24) is 10.2 Å². The highest BCUT2D eigenvalue weighted by molar-refractivity contribution is 4.82. The fraction of sp³-hybridized carbons (Fsp3) is 1.00. The Morgan fingerprint density at radius 2 is 2.06 bits per heavy atom. The first kappa shape index (κ1) is 13.3. The van der Waals surface area contributed by atoms with Crippen LogP contribution >= 0.6 is 0 Å². The van der Waals surface area contributed by atoms with Crippen molar-refractivity contribution < 1.29 is 4.74 Å². The summed E-state index contributed by atoms with van der Waals surface area (Å²) in [6.45, 7) is 7.62. The van der Waals surface area contributed by atoms with E-state index in [0.29, 0.717) is 12.0 Å². The monoisotopic (exact) mass is 240 g/mol. The third kappa shape index (κ3) is 3.94. The largest absolute Gasteiger partial charge is 0.381 e. The molecule has 2 atom stereocenters. The minimum atomic E-state index is 0.664. The zero-order valence-corrected chi connectivity index (χ0v) is 11.5. The molecule has 2 rings (SSSR count). The maximum atomic E-state index is 5.64. The van der Waals surface area contributed by atoms with Crippen LogP contribution in [0.25, 0.3) is 0 Å². The van der Waals surface area contributed by atoms with Gasteiger partial charge in [-0.25, -0.2) is 0 Å². The predicted octanol–water partition coefficient (Wildman–Crippen LogP) is 1.73. The van der Waals surface area contributed by atoms with E-state index in [1.807, 2.05) is 0 Å². The van der Waals surface area contributed by atoms with Gasteiger partial charge >= 0.3 is 0 Å². The van der Waals surface area contributed by atoms with Gasteiger partial charge in [-0.3, -0.25) is 0 Å². The Morgan fingerprint density at radius 3 is 2.71 bits per heavy atom. The molecule has 0 bridgehead atoms. The SMILES string of the molecule is CCNC1CCOCC1CN(C)CC1CCC1. The van der Waals surface area contributed by atoms with Crippen molar-refractivity contribution in [3.8, 4) is 0 Å². The quantitative estimate of drug-likeness (QED) is 0.765. The first-order valence-electron chi connectivity index (χ1n) is 7.29. The van der Waals surface area contributed by atoms with Crippen LogP contribution in [0.1, 0.15) is 32.6 Å². The van der Waals surface area contributed by atoms with Crippen LogP contribution in [0.3, 0.4) is 0 Å². The smallest absolute Gasteiger partial charge is 0.0521 e. The summed E-state index contributed by atoms with van der Waals surface area (Å²) in [7, 11) is 2.27. The molecule has 17 heavy (non-hydrogen) atoms. The fourth-order valence-corrected chi connectivity index (χ4v) is 3.10. The molecule has 1 heterocycles. The molecule has 1 saturated heterocycles. The summed E-state index contributed by atoms with van der Waals surface area (Å²) in [5.74, 6) is 1.65. The molecule has 100 valence electrons. The average molecular weight is 240 g/mol. The maximum absolute atomic E-state index is 5.64. The lowest BCUT2D eigenvalue weighted by molar-refractivity contribution is 0.0169. The highest BCUT2D eigenvalue weighted by Gasteiger charge is 2.27. The number of rotatable bonds is 6. The number of hydrogen-bond acceptors (Lipinski definition) is 3. The first-order valence-corrected chi connectivity index (χ1v) is 7.29. The Balaban J connectivity index is 1.73. The second kappa shape index (κ2) is 6.72. The van der Waals surface area contributed by atoms with Crippen LogP contribution < -0.4 is 5.32 Å². The van der Waals surface area contributed by atoms with Crippen molar-refractivity contribution in [3.05, 3.63) is 0 Å². The van der Waals surface area contributed by atoms with Gasteiger partial charge in [-0.1, -0.05) is 13.3 Å². The molecule has 3 nitrogen and oxygen atoms in total. The van der Waals surface area contributed by atoms with Crippen LogP contribution in [0.5, 0.6) is 0 Å². The van der Waals surface area contributed by atoms with Crippen LogP contribution in [-0.2, 0) is 4.74 Å². The average Bonchev–Trinajstić information content (AvgIpc) is 2.27. The van der Waals surface area contributed by atoms with E-state index in [4.69, 9.17) is 4.74 Å². The van der Waals surface area contributed by atoms with E-state index in [-0.39, 0.29) is 0 Å². The number of hydrogen-bond donors (Lipinski definition) is 1. The van der Waals surface area contributed by atoms with Crippen molar-refractivity contribution in [2.45, 2.75) is 38.6 Å². The second-order valence-corrected chi connectivity index (χ2v) is 5.81. The van der Waals surface area contributed by atoms with Gasteiger partial charge in [-0.2, -0.15) is 0 Å². The third-order valence-electron chi connectivity index (χ3n) is 4.28. The van der Waals surface area contributed by atoms with Gasteiger partial charge in [-0.15, -0.1) is 0 Å². The molecule has 1 aliphatic heterocycles. The first-order chi connectivity index (χ1) is 8.29. The van der Waals surface area contributed by atoms with E-state index in [2.05, 4.69) is 24.2 Å². The minimum absolute atomic E-state index is 0.664. The van der Waals surface area contributed by atoms with Gasteiger partial charge in [0, 0.05) is 31.7 Å². The van der Waals surface area contributed by atoms with Gasteiger partial charge in [0.25, 0.3) is 0 Å². The Bertz CT molecular complexity index is 216. The lowest BCUT2D eigenvalue weighted by atomic mass is 9.85. The standard InChI is InChI=1S/C14H28N2O/c1-3-15-14-7-8-17-11-13(14)10-16(2)9-12-5-4-6-12/h12-15H,3-11H2,1-2H3. The van der Waals surface area contributed by atoms with E-state index in [9.17, 15) is 0 Å². The molecular weight excluding hydrogens is 212 g/mol. The molecule has 0 aromatic carbocycles. The number of ether oxygens (including phenoxy) is 1. The Labute approximate surface area is 106 Å². The van der Waals surface area contributed by atoms with E-state index in [1.54, 1.807) is 0 Å². The normalized spacial score (nSPS) is 30.5. The van der Waals surface area contributed by atoms with Crippen LogP contribution in [0.15, 0.2) is 0 Å². The lowest BCUT2D eigenvalue weighted by Gasteiger charge is -2.37. The Kier molecular flexibility index (Phi) is 5.26. The van der Waals surface area contributed by atoms with Crippen LogP contribution in [0.2, 0.25) is 0 Å². The van der Waals surface area contributed by atoms with Crippen LogP contribution in [0.4, 0.5) is 0 Å². The van der Waals surface area contributed by atoms with Crippen molar-refractivity contribution in [2.75, 3.05) is 39.9 Å². The molecule has 3 heteroatoms. The zero-order valence-electron chi connectivity index (χ0n) is 11.5. The summed E-state index contributed by atoms with van der Waals surface area (Å²) in [5, 5.41) is 3.61. The second-order valence-electron chi connectivity index (χ2n) is 5.81. The van der Waals surface area contributed by atoms with Crippen LogP contribution in [0, 0.1) is 11.8 Å². The van der Waals surface area contributed by atoms with E-state index in [1.165, 1.54) is 38.8 Å². The molecule has 1 saturated carbocycles. The molecule has 2 fully saturated rings. The Morgan fingerprint density at radius 1 is 1.24 bits per heavy atom. The molecule has 2 aliphatic rings. The lowest BCUT2D eigenvalue weighted by Crippen LogP contribution is -2.47. The summed E-state index contributed by atoms with van der Waals surface area (Å²) in [4.78, 5) is 2.52. The van der Waals surface area contributed by atoms with Gasteiger partial charge in [0.2, 0.25) is 0 Å². The highest BCUT2D eigenvalue weighted by Crippen LogP contribution is 2.27. The molecule has 0 aromatic rings. The minimum Gasteiger partial charge on any atom is -0.381 e. The number of nitrogens with zero attached hydrogens (tertiary/aromatic N) is 1. The molecule has 0 spiro atoms. The predicted molar refractivity (Wildman–Crippen MR) is 71.2 cm³/mol. The van der Waals surface area contributed by atoms with Crippen molar-refractivity contribution >= 4 is 0 Å². The summed E-state index contributed by atoms with van der Waals surface area (Å²) in [6.07, 6.45) is 5.52. The van der Waals surface area contributed by atoms with Gasteiger partial charge in [0.1, 0.15) is 0 Å². The van der Waals surface area contributed by atoms with Gasteiger partial charge in [0.05, 0.1) is 6.61 Å². The van der Waals surface area contributed by atoms with E-state index < -0.39 is 0 Å². The Hall–Kier alpha value is -0.120. The zero-order chi connectivity index (χ0) is 12.1. The highest BCUT2D eigenvalue weighted by atomic mass is 16.5. The van der Waals surface area contributed by atoms with Crippen molar-refractivity contribution in [1.29, 1.82) is 0 Å². The molecule has 0 amide bonds. The fourth-order valence-electron chi connectivity index (χ4n) is 3.10. The third-order valence-corrected chi connectivity index (χ3v) is 4.28. The van der Waals surface area contributed by atoms with Gasteiger partial charge in [-0.05, 0) is 38.8 Å². The summed E-state index contributed by atoms with van der Waals surface area (Å²) in [5.41, 5.74) is 0. The maximum Gasteiger partial charge on any atom is 0.0521 e. The van der Waals surface area contributed by atoms with Crippen molar-refractivity contribution in [3.63, 3.8) is 0 Å². The van der Waals surface area contributed by atoms with Crippen molar-refractivity contribution in [2.24, 2.45) is 11.8 Å². The molecule has 1 aliphatic carbocycles. The van der Waals surface area contributed by atoms with E-state index >= 15 is 0 Å². The van der Waals surface area contributed by atoms with Crippen LogP contribution in [-0.4, -0.2) is 50.8 Å². The van der Waals surface area contributed by atoms with Gasteiger partial charge in [0.15, 0.2) is 0 Å². The molecule has 1 N–H and O–H groups in total. The number of nitrogens with one attached hydrogen (secondary N) is 1. The molecule has 0 aromatic heterocycles. The van der Waals surface area contributed by atoms with Gasteiger partial charge < -0.3 is 15.0 Å². The molecule has 2 unspecified atom stereocenters.